The fourth-order valence-corrected chi connectivity index (χ4v) is 3.65. The molecule has 1 saturated carbocycles. The molecule has 138 valence electrons. The molecule has 2 aromatic rings. The quantitative estimate of drug-likeness (QED) is 0.837. The number of benzene rings is 1. The Morgan fingerprint density at radius 3 is 2.73 bits per heavy atom. The molecule has 26 heavy (non-hydrogen) atoms. The van der Waals surface area contributed by atoms with Crippen LogP contribution in [-0.4, -0.2) is 35.9 Å². The van der Waals surface area contributed by atoms with Crippen molar-refractivity contribution < 1.29 is 9.53 Å². The maximum atomic E-state index is 12.8. The van der Waals surface area contributed by atoms with Crippen molar-refractivity contribution in [2.24, 2.45) is 5.92 Å². The minimum absolute atomic E-state index is 0.0369. The molecule has 1 aliphatic carbocycles. The highest BCUT2D eigenvalue weighted by Crippen LogP contribution is 2.41. The molecule has 2 fully saturated rings. The van der Waals surface area contributed by atoms with E-state index in [0.29, 0.717) is 17.7 Å². The van der Waals surface area contributed by atoms with E-state index in [1.54, 1.807) is 7.11 Å². The summed E-state index contributed by atoms with van der Waals surface area (Å²) in [6.45, 7) is 1.98. The lowest BCUT2D eigenvalue weighted by Crippen LogP contribution is -2.33. The minimum atomic E-state index is -0.0970. The number of nitrogens with zero attached hydrogens (tertiary/aromatic N) is 2. The number of piperidine rings is 1. The number of hydrogen-bond donors (Lipinski definition) is 2. The Morgan fingerprint density at radius 1 is 1.27 bits per heavy atom. The van der Waals surface area contributed by atoms with Crippen molar-refractivity contribution in [2.75, 3.05) is 20.2 Å². The van der Waals surface area contributed by atoms with Crippen molar-refractivity contribution in [2.45, 2.75) is 37.8 Å². The third-order valence-electron chi connectivity index (χ3n) is 5.34. The Balaban J connectivity index is 1.45. The van der Waals surface area contributed by atoms with Crippen LogP contribution in [0.25, 0.3) is 0 Å². The smallest absolute Gasteiger partial charge is 0.272 e. The summed E-state index contributed by atoms with van der Waals surface area (Å²) >= 11 is 0. The molecule has 0 spiro atoms. The summed E-state index contributed by atoms with van der Waals surface area (Å²) in [5, 5.41) is 11.1. The van der Waals surface area contributed by atoms with Crippen LogP contribution in [0.15, 0.2) is 36.5 Å². The van der Waals surface area contributed by atoms with Crippen molar-refractivity contribution in [1.82, 2.24) is 20.4 Å². The zero-order valence-electron chi connectivity index (χ0n) is 15.1. The van der Waals surface area contributed by atoms with Crippen LogP contribution in [0.4, 0.5) is 0 Å². The van der Waals surface area contributed by atoms with Crippen LogP contribution in [0.1, 0.15) is 53.8 Å². The third kappa shape index (κ3) is 3.75. The van der Waals surface area contributed by atoms with Gasteiger partial charge in [0.1, 0.15) is 11.4 Å². The number of aromatic nitrogens is 2. The third-order valence-corrected chi connectivity index (χ3v) is 5.34. The number of nitrogens with one attached hydrogen (secondary N) is 2. The number of amides is 1. The van der Waals surface area contributed by atoms with Gasteiger partial charge in [0, 0.05) is 12.7 Å². The topological polar surface area (TPSA) is 68.2 Å². The molecule has 2 atom stereocenters. The number of carbonyl (C=O) groups is 1. The van der Waals surface area contributed by atoms with E-state index < -0.39 is 0 Å². The van der Waals surface area contributed by atoms with Crippen molar-refractivity contribution in [1.29, 1.82) is 0 Å². The molecule has 2 heterocycles. The second-order valence-electron chi connectivity index (χ2n) is 7.24. The van der Waals surface area contributed by atoms with Gasteiger partial charge in [0.05, 0.1) is 19.2 Å². The first-order valence-corrected chi connectivity index (χ1v) is 9.45. The normalized spacial score (nSPS) is 21.2. The van der Waals surface area contributed by atoms with Crippen molar-refractivity contribution in [3.05, 3.63) is 47.8 Å². The molecular formula is C20H26N4O2. The Labute approximate surface area is 153 Å². The highest BCUT2D eigenvalue weighted by atomic mass is 16.5. The van der Waals surface area contributed by atoms with E-state index in [4.69, 9.17) is 4.74 Å². The van der Waals surface area contributed by atoms with Crippen LogP contribution in [0.2, 0.25) is 0 Å². The molecule has 1 aromatic heterocycles. The Hall–Kier alpha value is -2.34. The fourth-order valence-electron chi connectivity index (χ4n) is 3.65. The van der Waals surface area contributed by atoms with Gasteiger partial charge in [0.15, 0.2) is 0 Å². The monoisotopic (exact) mass is 354 g/mol. The average molecular weight is 354 g/mol. The largest absolute Gasteiger partial charge is 0.497 e. The summed E-state index contributed by atoms with van der Waals surface area (Å²) in [7, 11) is 1.66. The molecule has 2 aliphatic rings. The molecule has 1 amide bonds. The van der Waals surface area contributed by atoms with Crippen molar-refractivity contribution in [3.8, 4) is 5.75 Å². The van der Waals surface area contributed by atoms with E-state index in [-0.39, 0.29) is 11.9 Å². The van der Waals surface area contributed by atoms with Gasteiger partial charge in [0.2, 0.25) is 0 Å². The Bertz CT molecular complexity index is 745. The predicted octanol–water partition coefficient (Wildman–Crippen LogP) is 2.70. The van der Waals surface area contributed by atoms with Crippen LogP contribution in [0.3, 0.4) is 0 Å². The lowest BCUT2D eigenvalue weighted by atomic mass is 10.0. The lowest BCUT2D eigenvalue weighted by molar-refractivity contribution is 0.0925. The number of hydrogen-bond acceptors (Lipinski definition) is 4. The Morgan fingerprint density at radius 2 is 2.08 bits per heavy atom. The molecule has 1 aromatic carbocycles. The number of rotatable bonds is 6. The molecule has 6 nitrogen and oxygen atoms in total. The van der Waals surface area contributed by atoms with Gasteiger partial charge in [0.25, 0.3) is 5.91 Å². The van der Waals surface area contributed by atoms with E-state index in [2.05, 4.69) is 15.7 Å². The Kier molecular flexibility index (Phi) is 4.93. The minimum Gasteiger partial charge on any atom is -0.497 e. The van der Waals surface area contributed by atoms with Crippen LogP contribution in [-0.2, 0) is 0 Å². The van der Waals surface area contributed by atoms with Gasteiger partial charge in [-0.25, -0.2) is 0 Å². The van der Waals surface area contributed by atoms with Gasteiger partial charge in [-0.05, 0) is 61.9 Å². The van der Waals surface area contributed by atoms with Gasteiger partial charge in [-0.2, -0.15) is 5.10 Å². The fraction of sp³-hybridized carbons (Fsp3) is 0.500. The summed E-state index contributed by atoms with van der Waals surface area (Å²) in [6.07, 6.45) is 6.48. The number of methoxy groups -OCH3 is 1. The molecule has 1 saturated heterocycles. The molecule has 2 unspecified atom stereocenters. The highest BCUT2D eigenvalue weighted by Gasteiger charge is 2.34. The van der Waals surface area contributed by atoms with Gasteiger partial charge < -0.3 is 15.4 Å². The SMILES string of the molecule is COc1ccc(C(NC(=O)c2ccn(C3CCCNC3)n2)C2CC2)cc1. The lowest BCUT2D eigenvalue weighted by Gasteiger charge is -2.23. The van der Waals surface area contributed by atoms with E-state index >= 15 is 0 Å². The average Bonchev–Trinajstić information content (AvgIpc) is 3.42. The van der Waals surface area contributed by atoms with Gasteiger partial charge >= 0.3 is 0 Å². The molecule has 4 rings (SSSR count). The molecule has 0 radical (unpaired) electrons. The maximum Gasteiger partial charge on any atom is 0.272 e. The predicted molar refractivity (Wildman–Crippen MR) is 99.3 cm³/mol. The van der Waals surface area contributed by atoms with E-state index in [9.17, 15) is 4.79 Å². The molecule has 6 heteroatoms. The van der Waals surface area contributed by atoms with E-state index in [0.717, 1.165) is 50.1 Å². The van der Waals surface area contributed by atoms with Crippen LogP contribution in [0, 0.1) is 5.92 Å². The number of carbonyl (C=O) groups excluding carboxylic acids is 1. The summed E-state index contributed by atoms with van der Waals surface area (Å²) in [6, 6.07) is 10.2. The first-order chi connectivity index (χ1) is 12.7. The van der Waals surface area contributed by atoms with Crippen LogP contribution < -0.4 is 15.4 Å². The zero-order chi connectivity index (χ0) is 17.9. The van der Waals surface area contributed by atoms with Gasteiger partial charge in [-0.15, -0.1) is 0 Å². The first-order valence-electron chi connectivity index (χ1n) is 9.45. The standard InChI is InChI=1S/C20H26N4O2/c1-26-17-8-6-15(7-9-17)19(14-4-5-14)22-20(25)18-10-12-24(23-18)16-3-2-11-21-13-16/h6-10,12,14,16,19,21H,2-5,11,13H2,1H3,(H,22,25). The zero-order valence-corrected chi connectivity index (χ0v) is 15.1. The van der Waals surface area contributed by atoms with E-state index in [1.807, 2.05) is 41.2 Å². The summed E-state index contributed by atoms with van der Waals surface area (Å²) in [4.78, 5) is 12.8. The molecular weight excluding hydrogens is 328 g/mol. The summed E-state index contributed by atoms with van der Waals surface area (Å²) < 4.78 is 7.16. The second kappa shape index (κ2) is 7.50. The van der Waals surface area contributed by atoms with E-state index in [1.165, 1.54) is 0 Å². The van der Waals surface area contributed by atoms with Crippen LogP contribution >= 0.6 is 0 Å². The van der Waals surface area contributed by atoms with Gasteiger partial charge in [-0.1, -0.05) is 12.1 Å². The summed E-state index contributed by atoms with van der Waals surface area (Å²) in [5.41, 5.74) is 1.62. The summed E-state index contributed by atoms with van der Waals surface area (Å²) in [5.74, 6) is 1.24. The second-order valence-corrected chi connectivity index (χ2v) is 7.24. The number of ether oxygens (including phenoxy) is 1. The molecule has 2 N–H and O–H groups in total. The van der Waals surface area contributed by atoms with Gasteiger partial charge in [-0.3, -0.25) is 9.48 Å². The highest BCUT2D eigenvalue weighted by molar-refractivity contribution is 5.92. The van der Waals surface area contributed by atoms with Crippen LogP contribution in [0.5, 0.6) is 5.75 Å². The molecule has 1 aliphatic heterocycles. The van der Waals surface area contributed by atoms with Crippen molar-refractivity contribution in [3.63, 3.8) is 0 Å². The van der Waals surface area contributed by atoms with Crippen molar-refractivity contribution >= 4 is 5.91 Å². The first kappa shape index (κ1) is 17.1. The molecule has 0 bridgehead atoms. The maximum absolute atomic E-state index is 12.8.